The van der Waals surface area contributed by atoms with Crippen LogP contribution < -0.4 is 11.1 Å². The summed E-state index contributed by atoms with van der Waals surface area (Å²) in [7, 11) is 0. The molecule has 1 rings (SSSR count). The standard InChI is InChI=1S/C11H13BrN2O2S/c1-11(2,10(13)17)14-9(16)7-5-6(12)3-4-8(7)15/h3-5,15H,1-2H3,(H2,13,17)(H,14,16). The van der Waals surface area contributed by atoms with Crippen LogP contribution in [0.15, 0.2) is 22.7 Å². The van der Waals surface area contributed by atoms with Gasteiger partial charge in [-0.05, 0) is 32.0 Å². The van der Waals surface area contributed by atoms with Gasteiger partial charge in [0.15, 0.2) is 0 Å². The summed E-state index contributed by atoms with van der Waals surface area (Å²) in [5.74, 6) is -0.522. The zero-order chi connectivity index (χ0) is 13.2. The Bertz CT molecular complexity index is 475. The molecule has 0 aliphatic carbocycles. The summed E-state index contributed by atoms with van der Waals surface area (Å²) < 4.78 is 0.702. The molecule has 6 heteroatoms. The summed E-state index contributed by atoms with van der Waals surface area (Å²) >= 11 is 8.08. The maximum absolute atomic E-state index is 11.9. The molecule has 0 fully saturated rings. The number of hydrogen-bond acceptors (Lipinski definition) is 3. The number of carbonyl (C=O) groups excluding carboxylic acids is 1. The lowest BCUT2D eigenvalue weighted by atomic mass is 10.0. The van der Waals surface area contributed by atoms with E-state index in [0.717, 1.165) is 0 Å². The number of halogens is 1. The maximum atomic E-state index is 11.9. The second-order valence-electron chi connectivity index (χ2n) is 4.10. The third-order valence-electron chi connectivity index (χ3n) is 2.25. The molecule has 1 amide bonds. The van der Waals surface area contributed by atoms with Crippen molar-refractivity contribution in [2.45, 2.75) is 19.4 Å². The van der Waals surface area contributed by atoms with Crippen molar-refractivity contribution in [1.82, 2.24) is 5.32 Å². The second kappa shape index (κ2) is 5.01. The fourth-order valence-electron chi connectivity index (χ4n) is 1.10. The third-order valence-corrected chi connectivity index (χ3v) is 3.25. The van der Waals surface area contributed by atoms with Crippen molar-refractivity contribution in [2.75, 3.05) is 0 Å². The van der Waals surface area contributed by atoms with E-state index in [4.69, 9.17) is 18.0 Å². The molecule has 0 aromatic heterocycles. The number of phenols is 1. The van der Waals surface area contributed by atoms with E-state index < -0.39 is 11.4 Å². The van der Waals surface area contributed by atoms with Gasteiger partial charge >= 0.3 is 0 Å². The molecule has 0 saturated heterocycles. The summed E-state index contributed by atoms with van der Waals surface area (Å²) in [5.41, 5.74) is 4.88. The van der Waals surface area contributed by atoms with Crippen molar-refractivity contribution in [1.29, 1.82) is 0 Å². The van der Waals surface area contributed by atoms with Crippen molar-refractivity contribution in [3.05, 3.63) is 28.2 Å². The van der Waals surface area contributed by atoms with Crippen LogP contribution in [0.4, 0.5) is 0 Å². The summed E-state index contributed by atoms with van der Waals surface area (Å²) in [6.45, 7) is 3.39. The zero-order valence-electron chi connectivity index (χ0n) is 9.45. The van der Waals surface area contributed by atoms with Gasteiger partial charge in [-0.25, -0.2) is 0 Å². The minimum Gasteiger partial charge on any atom is -0.507 e. The molecule has 0 heterocycles. The van der Waals surface area contributed by atoms with Gasteiger partial charge in [0.25, 0.3) is 5.91 Å². The number of amides is 1. The molecule has 0 bridgehead atoms. The van der Waals surface area contributed by atoms with E-state index in [-0.39, 0.29) is 16.3 Å². The Hall–Kier alpha value is -1.14. The van der Waals surface area contributed by atoms with Crippen molar-refractivity contribution >= 4 is 39.0 Å². The van der Waals surface area contributed by atoms with Crippen LogP contribution in [0.3, 0.4) is 0 Å². The van der Waals surface area contributed by atoms with Crippen LogP contribution in [0.1, 0.15) is 24.2 Å². The Kier molecular flexibility index (Phi) is 4.11. The summed E-state index contributed by atoms with van der Waals surface area (Å²) in [5, 5.41) is 12.2. The van der Waals surface area contributed by atoms with E-state index in [1.165, 1.54) is 12.1 Å². The first kappa shape index (κ1) is 13.9. The van der Waals surface area contributed by atoms with Gasteiger partial charge in [-0.3, -0.25) is 4.79 Å². The summed E-state index contributed by atoms with van der Waals surface area (Å²) in [6, 6.07) is 4.61. The number of aromatic hydroxyl groups is 1. The highest BCUT2D eigenvalue weighted by Crippen LogP contribution is 2.22. The summed E-state index contributed by atoms with van der Waals surface area (Å²) in [4.78, 5) is 12.1. The molecule has 92 valence electrons. The quantitative estimate of drug-likeness (QED) is 0.745. The van der Waals surface area contributed by atoms with Crippen molar-refractivity contribution < 1.29 is 9.90 Å². The highest BCUT2D eigenvalue weighted by Gasteiger charge is 2.25. The Labute approximate surface area is 113 Å². The molecular formula is C11H13BrN2O2S. The Morgan fingerprint density at radius 1 is 1.53 bits per heavy atom. The van der Waals surface area contributed by atoms with E-state index >= 15 is 0 Å². The fourth-order valence-corrected chi connectivity index (χ4v) is 1.52. The maximum Gasteiger partial charge on any atom is 0.255 e. The number of rotatable bonds is 3. The summed E-state index contributed by atoms with van der Waals surface area (Å²) in [6.07, 6.45) is 0. The molecule has 0 saturated carbocycles. The van der Waals surface area contributed by atoms with Crippen LogP contribution in [-0.2, 0) is 0 Å². The number of phenolic OH excluding ortho intramolecular Hbond substituents is 1. The Morgan fingerprint density at radius 3 is 2.65 bits per heavy atom. The molecule has 4 nitrogen and oxygen atoms in total. The van der Waals surface area contributed by atoms with Gasteiger partial charge in [0.2, 0.25) is 0 Å². The number of nitrogens with one attached hydrogen (secondary N) is 1. The topological polar surface area (TPSA) is 75.3 Å². The van der Waals surface area contributed by atoms with Gasteiger partial charge in [0.05, 0.1) is 16.1 Å². The average molecular weight is 317 g/mol. The second-order valence-corrected chi connectivity index (χ2v) is 5.46. The Morgan fingerprint density at radius 2 is 2.12 bits per heavy atom. The number of nitrogens with two attached hydrogens (primary N) is 1. The van der Waals surface area contributed by atoms with E-state index in [1.54, 1.807) is 19.9 Å². The molecule has 0 unspecified atom stereocenters. The highest BCUT2D eigenvalue weighted by molar-refractivity contribution is 9.10. The Balaban J connectivity index is 2.98. The largest absolute Gasteiger partial charge is 0.507 e. The first-order valence-corrected chi connectivity index (χ1v) is 6.05. The van der Waals surface area contributed by atoms with Gasteiger partial charge in [0.1, 0.15) is 5.75 Å². The van der Waals surface area contributed by atoms with Crippen LogP contribution in [0.2, 0.25) is 0 Å². The van der Waals surface area contributed by atoms with E-state index in [2.05, 4.69) is 21.2 Å². The normalized spacial score (nSPS) is 11.0. The van der Waals surface area contributed by atoms with Crippen LogP contribution in [-0.4, -0.2) is 21.5 Å². The highest BCUT2D eigenvalue weighted by atomic mass is 79.9. The number of benzene rings is 1. The molecular weight excluding hydrogens is 304 g/mol. The van der Waals surface area contributed by atoms with Gasteiger partial charge in [-0.1, -0.05) is 28.1 Å². The molecule has 0 atom stereocenters. The lowest BCUT2D eigenvalue weighted by molar-refractivity contribution is 0.0929. The van der Waals surface area contributed by atoms with Crippen LogP contribution >= 0.6 is 28.1 Å². The van der Waals surface area contributed by atoms with Crippen molar-refractivity contribution in [3.8, 4) is 5.75 Å². The van der Waals surface area contributed by atoms with Gasteiger partial charge < -0.3 is 16.2 Å². The fraction of sp³-hybridized carbons (Fsp3) is 0.273. The molecule has 1 aromatic rings. The monoisotopic (exact) mass is 316 g/mol. The molecule has 1 aromatic carbocycles. The molecule has 0 spiro atoms. The molecule has 0 radical (unpaired) electrons. The number of carbonyl (C=O) groups is 1. The van der Waals surface area contributed by atoms with Crippen LogP contribution in [0, 0.1) is 0 Å². The van der Waals surface area contributed by atoms with Crippen molar-refractivity contribution in [2.24, 2.45) is 5.73 Å². The lowest BCUT2D eigenvalue weighted by Crippen LogP contribution is -2.52. The first-order valence-electron chi connectivity index (χ1n) is 4.85. The average Bonchev–Trinajstić information content (AvgIpc) is 2.20. The van der Waals surface area contributed by atoms with Crippen LogP contribution in [0.5, 0.6) is 5.75 Å². The number of thiocarbonyl (C=S) groups is 1. The van der Waals surface area contributed by atoms with E-state index in [9.17, 15) is 9.90 Å². The van der Waals surface area contributed by atoms with Gasteiger partial charge in [-0.2, -0.15) is 0 Å². The smallest absolute Gasteiger partial charge is 0.255 e. The molecule has 17 heavy (non-hydrogen) atoms. The predicted octanol–water partition coefficient (Wildman–Crippen LogP) is 1.95. The van der Waals surface area contributed by atoms with Gasteiger partial charge in [0, 0.05) is 4.47 Å². The predicted molar refractivity (Wildman–Crippen MR) is 74.1 cm³/mol. The van der Waals surface area contributed by atoms with E-state index in [1.807, 2.05) is 0 Å². The lowest BCUT2D eigenvalue weighted by Gasteiger charge is -2.24. The zero-order valence-corrected chi connectivity index (χ0v) is 11.9. The van der Waals surface area contributed by atoms with Gasteiger partial charge in [-0.15, -0.1) is 0 Å². The SMILES string of the molecule is CC(C)(NC(=O)c1cc(Br)ccc1O)C(N)=S. The van der Waals surface area contributed by atoms with Crippen molar-refractivity contribution in [3.63, 3.8) is 0 Å². The minimum atomic E-state index is -0.804. The third kappa shape index (κ3) is 3.41. The first-order chi connectivity index (χ1) is 7.74. The van der Waals surface area contributed by atoms with E-state index in [0.29, 0.717) is 4.47 Å². The van der Waals surface area contributed by atoms with Crippen LogP contribution in [0.25, 0.3) is 0 Å². The molecule has 0 aliphatic rings. The number of hydrogen-bond donors (Lipinski definition) is 3. The molecule has 0 aliphatic heterocycles. The molecule has 4 N–H and O–H groups in total. The minimum absolute atomic E-state index is 0.0931.